The number of aromatic nitrogens is 2. The fraction of sp³-hybridized carbons (Fsp3) is 0.469. The number of hydrogen-bond acceptors (Lipinski definition) is 4. The summed E-state index contributed by atoms with van der Waals surface area (Å²) in [6.07, 6.45) is 2.58. The molecule has 8 nitrogen and oxygen atoms in total. The van der Waals surface area contributed by atoms with Gasteiger partial charge in [0, 0.05) is 30.3 Å². The molecule has 1 fully saturated rings. The number of likely N-dealkylation sites (tertiary alicyclic amines) is 1. The number of carbonyl (C=O) groups excluding carboxylic acids is 2. The van der Waals surface area contributed by atoms with Gasteiger partial charge in [0.05, 0.1) is 18.0 Å². The number of aryl methyl sites for hydroxylation is 1. The SMILES string of the molecule is Cc1ccc(-n2nc(C(C)(C)C)cc2NC(=O)Nc2cccc(CC3CCN(C(=O)OCC(C)C)CC3)c2)cc1. The van der Waals surface area contributed by atoms with Crippen LogP contribution in [-0.4, -0.2) is 46.5 Å². The lowest BCUT2D eigenvalue weighted by Crippen LogP contribution is -2.39. The molecule has 2 N–H and O–H groups in total. The van der Waals surface area contributed by atoms with Gasteiger partial charge in [-0.3, -0.25) is 5.32 Å². The van der Waals surface area contributed by atoms with Crippen molar-refractivity contribution in [1.82, 2.24) is 14.7 Å². The van der Waals surface area contributed by atoms with Gasteiger partial charge in [-0.25, -0.2) is 14.3 Å². The summed E-state index contributed by atoms with van der Waals surface area (Å²) < 4.78 is 7.16. The van der Waals surface area contributed by atoms with Gasteiger partial charge in [0.25, 0.3) is 0 Å². The van der Waals surface area contributed by atoms with E-state index in [0.29, 0.717) is 37.4 Å². The highest BCUT2D eigenvalue weighted by Gasteiger charge is 2.25. The maximum absolute atomic E-state index is 13.1. The summed E-state index contributed by atoms with van der Waals surface area (Å²) in [6, 6.07) is 17.7. The summed E-state index contributed by atoms with van der Waals surface area (Å²) in [4.78, 5) is 27.1. The first-order valence-electron chi connectivity index (χ1n) is 14.2. The molecule has 1 aliphatic rings. The van der Waals surface area contributed by atoms with Crippen LogP contribution in [0.3, 0.4) is 0 Å². The van der Waals surface area contributed by atoms with Gasteiger partial charge in [0.15, 0.2) is 0 Å². The Labute approximate surface area is 238 Å². The minimum Gasteiger partial charge on any atom is -0.449 e. The molecule has 0 aliphatic carbocycles. The summed E-state index contributed by atoms with van der Waals surface area (Å²) in [5.41, 5.74) is 4.68. The highest BCUT2D eigenvalue weighted by atomic mass is 16.6. The summed E-state index contributed by atoms with van der Waals surface area (Å²) in [6.45, 7) is 14.3. The van der Waals surface area contributed by atoms with Gasteiger partial charge in [0.2, 0.25) is 0 Å². The summed E-state index contributed by atoms with van der Waals surface area (Å²) in [5, 5.41) is 10.8. The molecular formula is C32H43N5O3. The van der Waals surface area contributed by atoms with Crippen molar-refractivity contribution >= 4 is 23.6 Å². The highest BCUT2D eigenvalue weighted by molar-refractivity contribution is 5.99. The third kappa shape index (κ3) is 7.87. The molecule has 3 amide bonds. The van der Waals surface area contributed by atoms with Crippen LogP contribution < -0.4 is 10.6 Å². The lowest BCUT2D eigenvalue weighted by atomic mass is 9.90. The van der Waals surface area contributed by atoms with E-state index in [9.17, 15) is 9.59 Å². The molecule has 0 radical (unpaired) electrons. The molecule has 3 aromatic rings. The van der Waals surface area contributed by atoms with Gasteiger partial charge in [-0.05, 0) is 67.9 Å². The van der Waals surface area contributed by atoms with Crippen molar-refractivity contribution in [3.05, 3.63) is 71.4 Å². The molecule has 0 saturated carbocycles. The molecule has 1 aromatic heterocycles. The topological polar surface area (TPSA) is 88.5 Å². The van der Waals surface area contributed by atoms with E-state index in [4.69, 9.17) is 9.84 Å². The Kier molecular flexibility index (Phi) is 9.17. The number of ether oxygens (including phenoxy) is 1. The van der Waals surface area contributed by atoms with E-state index in [1.807, 2.05) is 74.2 Å². The molecule has 0 spiro atoms. The number of anilines is 2. The van der Waals surface area contributed by atoms with E-state index in [-0.39, 0.29) is 17.5 Å². The maximum atomic E-state index is 13.1. The average Bonchev–Trinajstić information content (AvgIpc) is 3.32. The van der Waals surface area contributed by atoms with Crippen LogP contribution in [0, 0.1) is 18.8 Å². The fourth-order valence-electron chi connectivity index (χ4n) is 4.76. The predicted octanol–water partition coefficient (Wildman–Crippen LogP) is 7.17. The number of urea groups is 1. The van der Waals surface area contributed by atoms with E-state index in [2.05, 4.69) is 37.5 Å². The molecule has 0 atom stereocenters. The van der Waals surface area contributed by atoms with Crippen LogP contribution in [0.2, 0.25) is 0 Å². The van der Waals surface area contributed by atoms with Gasteiger partial charge in [-0.1, -0.05) is 64.4 Å². The van der Waals surface area contributed by atoms with Crippen molar-refractivity contribution in [3.8, 4) is 5.69 Å². The molecule has 40 heavy (non-hydrogen) atoms. The van der Waals surface area contributed by atoms with E-state index < -0.39 is 0 Å². The van der Waals surface area contributed by atoms with E-state index in [1.54, 1.807) is 4.68 Å². The van der Waals surface area contributed by atoms with Gasteiger partial charge >= 0.3 is 12.1 Å². The minimum atomic E-state index is -0.320. The lowest BCUT2D eigenvalue weighted by Gasteiger charge is -2.31. The maximum Gasteiger partial charge on any atom is 0.409 e. The smallest absolute Gasteiger partial charge is 0.409 e. The zero-order valence-electron chi connectivity index (χ0n) is 24.7. The molecule has 2 aromatic carbocycles. The third-order valence-corrected chi connectivity index (χ3v) is 7.12. The first-order chi connectivity index (χ1) is 19.0. The molecule has 1 saturated heterocycles. The molecule has 1 aliphatic heterocycles. The second kappa shape index (κ2) is 12.6. The minimum absolute atomic E-state index is 0.165. The molecule has 214 valence electrons. The van der Waals surface area contributed by atoms with Crippen molar-refractivity contribution in [2.45, 2.75) is 66.2 Å². The zero-order chi connectivity index (χ0) is 28.9. The van der Waals surface area contributed by atoms with Crippen molar-refractivity contribution in [3.63, 3.8) is 0 Å². The van der Waals surface area contributed by atoms with Crippen LogP contribution in [0.5, 0.6) is 0 Å². The van der Waals surface area contributed by atoms with Crippen molar-refractivity contribution in [2.24, 2.45) is 11.8 Å². The second-order valence-corrected chi connectivity index (χ2v) is 12.3. The number of hydrogen-bond donors (Lipinski definition) is 2. The van der Waals surface area contributed by atoms with Crippen LogP contribution in [0.25, 0.3) is 5.69 Å². The Hall–Kier alpha value is -3.81. The van der Waals surface area contributed by atoms with Crippen LogP contribution in [0.15, 0.2) is 54.6 Å². The summed E-state index contributed by atoms with van der Waals surface area (Å²) in [5.74, 6) is 1.43. The van der Waals surface area contributed by atoms with Crippen LogP contribution in [-0.2, 0) is 16.6 Å². The molecule has 0 bridgehead atoms. The predicted molar refractivity (Wildman–Crippen MR) is 160 cm³/mol. The second-order valence-electron chi connectivity index (χ2n) is 12.3. The number of nitrogens with one attached hydrogen (secondary N) is 2. The zero-order valence-corrected chi connectivity index (χ0v) is 24.7. The van der Waals surface area contributed by atoms with Crippen molar-refractivity contribution in [1.29, 1.82) is 0 Å². The Morgan fingerprint density at radius 2 is 1.73 bits per heavy atom. The fourth-order valence-corrected chi connectivity index (χ4v) is 4.76. The first kappa shape index (κ1) is 29.2. The van der Waals surface area contributed by atoms with Gasteiger partial charge in [-0.15, -0.1) is 0 Å². The van der Waals surface area contributed by atoms with Crippen LogP contribution in [0.1, 0.15) is 64.3 Å². The molecular weight excluding hydrogens is 502 g/mol. The van der Waals surface area contributed by atoms with E-state index in [1.165, 1.54) is 5.56 Å². The van der Waals surface area contributed by atoms with Gasteiger partial charge in [-0.2, -0.15) is 5.10 Å². The van der Waals surface area contributed by atoms with Crippen molar-refractivity contribution < 1.29 is 14.3 Å². The standard InChI is InChI=1S/C32H43N5O3/c1-22(2)21-40-31(39)36-16-14-24(15-17-36)18-25-8-7-9-26(19-25)33-30(38)34-29-20-28(32(4,5)6)35-37(29)27-12-10-23(3)11-13-27/h7-13,19-20,22,24H,14-18,21H2,1-6H3,(H2,33,34,38). The lowest BCUT2D eigenvalue weighted by molar-refractivity contribution is 0.0790. The Bertz CT molecular complexity index is 1300. The van der Waals surface area contributed by atoms with Gasteiger partial charge in [0.1, 0.15) is 5.82 Å². The molecule has 2 heterocycles. The van der Waals surface area contributed by atoms with E-state index >= 15 is 0 Å². The highest BCUT2D eigenvalue weighted by Crippen LogP contribution is 2.27. The van der Waals surface area contributed by atoms with Crippen LogP contribution in [0.4, 0.5) is 21.1 Å². The summed E-state index contributed by atoms with van der Waals surface area (Å²) in [7, 11) is 0. The monoisotopic (exact) mass is 545 g/mol. The van der Waals surface area contributed by atoms with Crippen LogP contribution >= 0.6 is 0 Å². The number of benzene rings is 2. The number of carbonyl (C=O) groups is 2. The number of piperidine rings is 1. The van der Waals surface area contributed by atoms with Crippen molar-refractivity contribution in [2.75, 3.05) is 30.3 Å². The molecule has 8 heteroatoms. The summed E-state index contributed by atoms with van der Waals surface area (Å²) >= 11 is 0. The molecule has 4 rings (SSSR count). The number of amides is 3. The average molecular weight is 546 g/mol. The quantitative estimate of drug-likeness (QED) is 0.329. The first-order valence-corrected chi connectivity index (χ1v) is 14.2. The number of nitrogens with zero attached hydrogens (tertiary/aromatic N) is 3. The largest absolute Gasteiger partial charge is 0.449 e. The Morgan fingerprint density at radius 1 is 1.02 bits per heavy atom. The Balaban J connectivity index is 1.37. The third-order valence-electron chi connectivity index (χ3n) is 7.12. The number of rotatable bonds is 7. The molecule has 0 unspecified atom stereocenters. The Morgan fingerprint density at radius 3 is 2.38 bits per heavy atom. The van der Waals surface area contributed by atoms with E-state index in [0.717, 1.165) is 41.9 Å². The normalized spacial score (nSPS) is 14.3. The van der Waals surface area contributed by atoms with Gasteiger partial charge < -0.3 is 15.0 Å².